The van der Waals surface area contributed by atoms with Gasteiger partial charge in [-0.3, -0.25) is 9.79 Å². The molecule has 24 heavy (non-hydrogen) atoms. The lowest BCUT2D eigenvalue weighted by Gasteiger charge is -2.37. The lowest BCUT2D eigenvalue weighted by Crippen LogP contribution is -2.56. The van der Waals surface area contributed by atoms with Crippen LogP contribution in [0.15, 0.2) is 4.99 Å². The fourth-order valence-corrected chi connectivity index (χ4v) is 4.12. The standard InChI is InChI=1S/C17H30N4O2.HI/c1-18-16(19-13-17(8-11-22)6-2-3-7-17)20-9-10-21(14-4-5-14)15(23)12-20;/h14,22H,2-13H2,1H3,(H,18,19);1H. The molecular weight excluding hydrogens is 419 g/mol. The summed E-state index contributed by atoms with van der Waals surface area (Å²) in [5, 5.41) is 12.8. The van der Waals surface area contributed by atoms with Crippen molar-refractivity contribution in [3.8, 4) is 0 Å². The number of rotatable bonds is 5. The Morgan fingerprint density at radius 1 is 1.33 bits per heavy atom. The third-order valence-corrected chi connectivity index (χ3v) is 5.68. The van der Waals surface area contributed by atoms with Gasteiger partial charge in [0.25, 0.3) is 0 Å². The van der Waals surface area contributed by atoms with E-state index in [0.29, 0.717) is 12.6 Å². The van der Waals surface area contributed by atoms with Crippen molar-refractivity contribution in [3.05, 3.63) is 0 Å². The summed E-state index contributed by atoms with van der Waals surface area (Å²) in [5.74, 6) is 1.06. The van der Waals surface area contributed by atoms with Crippen LogP contribution in [0.2, 0.25) is 0 Å². The van der Waals surface area contributed by atoms with Crippen molar-refractivity contribution < 1.29 is 9.90 Å². The number of aliphatic imine (C=N–C) groups is 1. The van der Waals surface area contributed by atoms with Gasteiger partial charge < -0.3 is 20.2 Å². The molecule has 1 amide bonds. The number of aliphatic hydroxyl groups is 1. The molecule has 2 saturated carbocycles. The molecule has 0 spiro atoms. The number of nitrogens with zero attached hydrogens (tertiary/aromatic N) is 3. The van der Waals surface area contributed by atoms with E-state index >= 15 is 0 Å². The second-order valence-corrected chi connectivity index (χ2v) is 7.32. The van der Waals surface area contributed by atoms with E-state index in [2.05, 4.69) is 15.2 Å². The molecule has 0 radical (unpaired) electrons. The number of guanidine groups is 1. The van der Waals surface area contributed by atoms with E-state index in [1.54, 1.807) is 7.05 Å². The lowest BCUT2D eigenvalue weighted by atomic mass is 9.83. The van der Waals surface area contributed by atoms with E-state index in [9.17, 15) is 9.90 Å². The SMILES string of the molecule is CN=C(NCC1(CCO)CCCC1)N1CCN(C2CC2)C(=O)C1.I. The molecule has 138 valence electrons. The first-order chi connectivity index (χ1) is 11.2. The van der Waals surface area contributed by atoms with E-state index in [1.807, 2.05) is 4.90 Å². The largest absolute Gasteiger partial charge is 0.396 e. The molecule has 0 atom stereocenters. The van der Waals surface area contributed by atoms with Gasteiger partial charge >= 0.3 is 0 Å². The summed E-state index contributed by atoms with van der Waals surface area (Å²) >= 11 is 0. The predicted molar refractivity (Wildman–Crippen MR) is 106 cm³/mol. The number of hydrogen-bond donors (Lipinski definition) is 2. The molecule has 3 aliphatic rings. The van der Waals surface area contributed by atoms with Gasteiger partial charge in [-0.15, -0.1) is 24.0 Å². The van der Waals surface area contributed by atoms with E-state index in [1.165, 1.54) is 38.5 Å². The molecule has 2 N–H and O–H groups in total. The Balaban J connectivity index is 0.00000208. The Morgan fingerprint density at radius 3 is 2.58 bits per heavy atom. The first kappa shape index (κ1) is 19.8. The minimum Gasteiger partial charge on any atom is -0.396 e. The molecule has 0 aromatic rings. The molecule has 0 aromatic carbocycles. The maximum atomic E-state index is 12.3. The van der Waals surface area contributed by atoms with Crippen molar-refractivity contribution in [1.29, 1.82) is 0 Å². The van der Waals surface area contributed by atoms with Crippen LogP contribution in [0.25, 0.3) is 0 Å². The molecule has 2 aliphatic carbocycles. The second-order valence-electron chi connectivity index (χ2n) is 7.32. The monoisotopic (exact) mass is 450 g/mol. The fourth-order valence-electron chi connectivity index (χ4n) is 4.12. The Labute approximate surface area is 162 Å². The first-order valence-electron chi connectivity index (χ1n) is 9.03. The van der Waals surface area contributed by atoms with E-state index in [-0.39, 0.29) is 41.9 Å². The summed E-state index contributed by atoms with van der Waals surface area (Å²) in [5.41, 5.74) is 0.199. The number of piperazine rings is 1. The van der Waals surface area contributed by atoms with Crippen LogP contribution in [0.4, 0.5) is 0 Å². The summed E-state index contributed by atoms with van der Waals surface area (Å²) in [7, 11) is 1.79. The van der Waals surface area contributed by atoms with E-state index < -0.39 is 0 Å². The highest BCUT2D eigenvalue weighted by Gasteiger charge is 2.37. The Morgan fingerprint density at radius 2 is 2.04 bits per heavy atom. The topological polar surface area (TPSA) is 68.2 Å². The highest BCUT2D eigenvalue weighted by atomic mass is 127. The van der Waals surface area contributed by atoms with Crippen molar-refractivity contribution in [2.75, 3.05) is 39.8 Å². The van der Waals surface area contributed by atoms with E-state index in [0.717, 1.165) is 32.0 Å². The van der Waals surface area contributed by atoms with Crippen LogP contribution in [-0.4, -0.2) is 72.6 Å². The van der Waals surface area contributed by atoms with Crippen LogP contribution in [0.5, 0.6) is 0 Å². The van der Waals surface area contributed by atoms with Crippen molar-refractivity contribution in [3.63, 3.8) is 0 Å². The summed E-state index contributed by atoms with van der Waals surface area (Å²) in [4.78, 5) is 20.8. The van der Waals surface area contributed by atoms with Gasteiger partial charge in [-0.1, -0.05) is 12.8 Å². The summed E-state index contributed by atoms with van der Waals surface area (Å²) < 4.78 is 0. The average molecular weight is 450 g/mol. The van der Waals surface area contributed by atoms with Crippen LogP contribution >= 0.6 is 24.0 Å². The number of amides is 1. The van der Waals surface area contributed by atoms with Gasteiger partial charge in [-0.25, -0.2) is 0 Å². The quantitative estimate of drug-likeness (QED) is 0.378. The number of halogens is 1. The van der Waals surface area contributed by atoms with E-state index in [4.69, 9.17) is 0 Å². The number of aliphatic hydroxyl groups excluding tert-OH is 1. The minimum atomic E-state index is 0. The number of carbonyl (C=O) groups is 1. The maximum absolute atomic E-state index is 12.3. The highest BCUT2D eigenvalue weighted by Crippen LogP contribution is 2.40. The molecule has 6 nitrogen and oxygen atoms in total. The Hall–Kier alpha value is -0.570. The molecule has 0 unspecified atom stereocenters. The smallest absolute Gasteiger partial charge is 0.242 e. The molecule has 1 aliphatic heterocycles. The van der Waals surface area contributed by atoms with Crippen LogP contribution in [0, 0.1) is 5.41 Å². The molecule has 3 rings (SSSR count). The van der Waals surface area contributed by atoms with Crippen molar-refractivity contribution >= 4 is 35.8 Å². The number of nitrogens with one attached hydrogen (secondary N) is 1. The maximum Gasteiger partial charge on any atom is 0.242 e. The van der Waals surface area contributed by atoms with Gasteiger partial charge in [0.15, 0.2) is 5.96 Å². The van der Waals surface area contributed by atoms with Gasteiger partial charge in [-0.05, 0) is 37.5 Å². The third kappa shape index (κ3) is 4.53. The molecular formula is C17H31IN4O2. The van der Waals surface area contributed by atoms with Crippen molar-refractivity contribution in [2.45, 2.75) is 51.0 Å². The third-order valence-electron chi connectivity index (χ3n) is 5.68. The zero-order valence-electron chi connectivity index (χ0n) is 14.7. The van der Waals surface area contributed by atoms with Crippen LogP contribution in [0.1, 0.15) is 44.9 Å². The van der Waals surface area contributed by atoms with Gasteiger partial charge in [0.05, 0.1) is 6.54 Å². The number of carbonyl (C=O) groups excluding carboxylic acids is 1. The normalized spacial score (nSPS) is 24.1. The highest BCUT2D eigenvalue weighted by molar-refractivity contribution is 14.0. The summed E-state index contributed by atoms with van der Waals surface area (Å²) in [6.07, 6.45) is 8.03. The Kier molecular flexibility index (Phi) is 7.15. The van der Waals surface area contributed by atoms with Gasteiger partial charge in [0, 0.05) is 39.3 Å². The van der Waals surface area contributed by atoms with Gasteiger partial charge in [0.1, 0.15) is 0 Å². The minimum absolute atomic E-state index is 0. The zero-order chi connectivity index (χ0) is 16.3. The molecule has 0 aromatic heterocycles. The average Bonchev–Trinajstić information content (AvgIpc) is 3.28. The Bertz CT molecular complexity index is 462. The van der Waals surface area contributed by atoms with Crippen molar-refractivity contribution in [2.24, 2.45) is 10.4 Å². The molecule has 7 heteroatoms. The van der Waals surface area contributed by atoms with Gasteiger partial charge in [0.2, 0.25) is 5.91 Å². The van der Waals surface area contributed by atoms with Gasteiger partial charge in [-0.2, -0.15) is 0 Å². The first-order valence-corrected chi connectivity index (χ1v) is 9.03. The summed E-state index contributed by atoms with van der Waals surface area (Å²) in [6.45, 7) is 3.19. The lowest BCUT2D eigenvalue weighted by molar-refractivity contribution is -0.135. The molecule has 0 bridgehead atoms. The van der Waals surface area contributed by atoms with Crippen LogP contribution in [0.3, 0.4) is 0 Å². The molecule has 1 saturated heterocycles. The van der Waals surface area contributed by atoms with Crippen LogP contribution in [-0.2, 0) is 4.79 Å². The molecule has 3 fully saturated rings. The van der Waals surface area contributed by atoms with Crippen molar-refractivity contribution in [1.82, 2.24) is 15.1 Å². The number of hydrogen-bond acceptors (Lipinski definition) is 3. The second kappa shape index (κ2) is 8.69. The molecule has 1 heterocycles. The van der Waals surface area contributed by atoms with Crippen LogP contribution < -0.4 is 5.32 Å². The fraction of sp³-hybridized carbons (Fsp3) is 0.882. The zero-order valence-corrected chi connectivity index (χ0v) is 17.0. The predicted octanol–water partition coefficient (Wildman–Crippen LogP) is 1.43. The summed E-state index contributed by atoms with van der Waals surface area (Å²) in [6, 6.07) is 0.505.